The van der Waals surface area contributed by atoms with Crippen LogP contribution in [0, 0.1) is 28.4 Å². The first-order valence-electron chi connectivity index (χ1n) is 22.5. The van der Waals surface area contributed by atoms with Gasteiger partial charge in [-0.25, -0.2) is 0 Å². The van der Waals surface area contributed by atoms with Crippen LogP contribution in [0.25, 0.3) is 0 Å². The number of nitro benzene ring substituents is 1. The lowest BCUT2D eigenvalue weighted by Crippen LogP contribution is -2.62. The number of carboxylic acid groups (broad SMARTS) is 2. The van der Waals surface area contributed by atoms with Crippen LogP contribution >= 0.6 is 0 Å². The molecular weight excluding hydrogens is 901 g/mol. The fraction of sp³-hybridized carbons (Fsp3) is 0.532. The second-order valence-electron chi connectivity index (χ2n) is 18.3. The zero-order valence-corrected chi connectivity index (χ0v) is 40.2. The molecule has 69 heavy (non-hydrogen) atoms. The van der Waals surface area contributed by atoms with Crippen molar-refractivity contribution in [2.24, 2.45) is 17.1 Å². The molecule has 2 aromatic rings. The van der Waals surface area contributed by atoms with Crippen molar-refractivity contribution in [3.05, 3.63) is 75.3 Å². The number of nitrogens with zero attached hydrogens (tertiary/aromatic N) is 1. The summed E-state index contributed by atoms with van der Waals surface area (Å²) in [6.45, 7) is 13.5. The average Bonchev–Trinajstić information content (AvgIpc) is 3.26. The Morgan fingerprint density at radius 3 is 1.71 bits per heavy atom. The molecular formula is C47H66N8O14. The smallest absolute Gasteiger partial charge is 0.305 e. The number of carboxylic acids is 2. The predicted molar refractivity (Wildman–Crippen MR) is 250 cm³/mol. The topological polar surface area (TPSA) is 352 Å². The predicted octanol–water partition coefficient (Wildman–Crippen LogP) is 1.83. The standard InChI is InChI=1S/C47H66N8O14/c1-9-10-15-31(38(60)40(48)61)49-43(64)33(22-25(2)3)53-46(67)39(47(6,7)8)54-45(66)34(23-29-14-12-11-13-26(29)4)52-42(63)32(20-21-36(56)57)50-44(65)35(24-37(58)59)51-41(62)27(5)28-16-18-30(19-17-28)55(68)69/h11-14,16-19,25,27,31-35,39H,9-10,15,20-24H2,1-8H3,(H2,48,61)(H,49,64)(H,50,65)(H,51,62)(H,52,63)(H,53,67)(H,54,66)(H,56,57)(H,58,59)/t27?,31-,32-,33-,34-,35-,39+/m0/s1. The van der Waals surface area contributed by atoms with E-state index in [1.54, 1.807) is 65.8 Å². The zero-order chi connectivity index (χ0) is 52.3. The number of carbonyl (C=O) groups excluding carboxylic acids is 8. The van der Waals surface area contributed by atoms with E-state index in [4.69, 9.17) is 5.73 Å². The number of aliphatic carboxylic acids is 2. The highest BCUT2D eigenvalue weighted by Crippen LogP contribution is 2.22. The zero-order valence-electron chi connectivity index (χ0n) is 40.2. The van der Waals surface area contributed by atoms with Crippen molar-refractivity contribution < 1.29 is 63.1 Å². The molecule has 2 rings (SSSR count). The Morgan fingerprint density at radius 2 is 1.19 bits per heavy atom. The summed E-state index contributed by atoms with van der Waals surface area (Å²) in [5, 5.41) is 45.4. The van der Waals surface area contributed by atoms with Gasteiger partial charge in [0, 0.05) is 25.0 Å². The summed E-state index contributed by atoms with van der Waals surface area (Å²) in [4.78, 5) is 142. The van der Waals surface area contributed by atoms with Gasteiger partial charge in [-0.05, 0) is 61.1 Å². The molecule has 0 aliphatic heterocycles. The molecule has 7 amide bonds. The molecule has 0 radical (unpaired) electrons. The molecule has 7 atom stereocenters. The minimum atomic E-state index is -1.81. The van der Waals surface area contributed by atoms with Gasteiger partial charge in [-0.15, -0.1) is 0 Å². The molecule has 0 fully saturated rings. The maximum absolute atomic E-state index is 14.4. The molecule has 22 nitrogen and oxygen atoms in total. The first kappa shape index (κ1) is 57.9. The van der Waals surface area contributed by atoms with E-state index in [1.165, 1.54) is 19.1 Å². The molecule has 0 aliphatic carbocycles. The molecule has 0 saturated carbocycles. The van der Waals surface area contributed by atoms with Crippen molar-refractivity contribution in [2.75, 3.05) is 0 Å². The molecule has 0 saturated heterocycles. The van der Waals surface area contributed by atoms with Crippen LogP contribution in [0.4, 0.5) is 5.69 Å². The van der Waals surface area contributed by atoms with Crippen LogP contribution in [0.5, 0.6) is 0 Å². The van der Waals surface area contributed by atoms with E-state index in [0.29, 0.717) is 29.5 Å². The maximum atomic E-state index is 14.4. The van der Waals surface area contributed by atoms with Gasteiger partial charge in [0.25, 0.3) is 11.6 Å². The third kappa shape index (κ3) is 19.1. The first-order chi connectivity index (χ1) is 32.2. The number of ketones is 1. The van der Waals surface area contributed by atoms with E-state index in [-0.39, 0.29) is 30.9 Å². The minimum Gasteiger partial charge on any atom is -0.481 e. The van der Waals surface area contributed by atoms with Crippen LogP contribution in [-0.2, 0) is 54.4 Å². The lowest BCUT2D eigenvalue weighted by atomic mass is 9.85. The SMILES string of the molecule is CCCC[C@H](NC(=O)[C@H](CC(C)C)NC(=O)[C@@H](NC(=O)[C@H](Cc1ccccc1C)NC(=O)[C@H](CCC(=O)O)NC(=O)[C@H](CC(=O)O)NC(=O)C(C)c1ccc([N+](=O)[O-])cc1)C(C)(C)C)C(=O)C(N)=O. The van der Waals surface area contributed by atoms with Crippen molar-refractivity contribution in [1.29, 1.82) is 0 Å². The number of unbranched alkanes of at least 4 members (excludes halogenated alkanes) is 1. The summed E-state index contributed by atoms with van der Waals surface area (Å²) >= 11 is 0. The minimum absolute atomic E-state index is 0.0822. The second kappa shape index (κ2) is 26.9. The number of primary amides is 1. The van der Waals surface area contributed by atoms with E-state index < -0.39 is 131 Å². The van der Waals surface area contributed by atoms with Crippen molar-refractivity contribution in [3.63, 3.8) is 0 Å². The molecule has 0 bridgehead atoms. The largest absolute Gasteiger partial charge is 0.481 e. The van der Waals surface area contributed by atoms with Crippen LogP contribution < -0.4 is 37.6 Å². The number of nitrogens with one attached hydrogen (secondary N) is 6. The summed E-state index contributed by atoms with van der Waals surface area (Å²) < 4.78 is 0. The van der Waals surface area contributed by atoms with Gasteiger partial charge >= 0.3 is 11.9 Å². The number of rotatable bonds is 28. The highest BCUT2D eigenvalue weighted by molar-refractivity contribution is 6.37. The van der Waals surface area contributed by atoms with Crippen LogP contribution in [-0.4, -0.2) is 110 Å². The summed E-state index contributed by atoms with van der Waals surface area (Å²) in [5.74, 6) is -12.0. The number of hydrogen-bond acceptors (Lipinski definition) is 12. The fourth-order valence-corrected chi connectivity index (χ4v) is 7.06. The number of carbonyl (C=O) groups is 10. The first-order valence-corrected chi connectivity index (χ1v) is 22.5. The molecule has 0 heterocycles. The normalized spacial score (nSPS) is 14.3. The monoisotopic (exact) mass is 966 g/mol. The Morgan fingerprint density at radius 1 is 0.667 bits per heavy atom. The third-order valence-corrected chi connectivity index (χ3v) is 11.1. The lowest BCUT2D eigenvalue weighted by molar-refractivity contribution is -0.384. The van der Waals surface area contributed by atoms with Crippen LogP contribution in [0.1, 0.15) is 116 Å². The van der Waals surface area contributed by atoms with Gasteiger partial charge in [-0.1, -0.05) is 90.8 Å². The summed E-state index contributed by atoms with van der Waals surface area (Å²) in [7, 11) is 0. The average molecular weight is 967 g/mol. The van der Waals surface area contributed by atoms with E-state index in [9.17, 15) is 68.3 Å². The number of aryl methyl sites for hydroxylation is 1. The number of nitrogens with two attached hydrogens (primary N) is 1. The third-order valence-electron chi connectivity index (χ3n) is 11.1. The second-order valence-corrected chi connectivity index (χ2v) is 18.3. The molecule has 0 aliphatic rings. The van der Waals surface area contributed by atoms with E-state index in [2.05, 4.69) is 31.9 Å². The van der Waals surface area contributed by atoms with Crippen LogP contribution in [0.3, 0.4) is 0 Å². The molecule has 1 unspecified atom stereocenters. The number of Topliss-reactive ketones (excluding diaryl/α,β-unsaturated/α-hetero) is 1. The number of nitro groups is 1. The Labute approximate surface area is 400 Å². The van der Waals surface area contributed by atoms with Crippen molar-refractivity contribution in [3.8, 4) is 0 Å². The number of non-ortho nitro benzene ring substituents is 1. The Balaban J connectivity index is 2.50. The van der Waals surface area contributed by atoms with Gasteiger partial charge in [-0.2, -0.15) is 0 Å². The van der Waals surface area contributed by atoms with E-state index >= 15 is 0 Å². The molecule has 22 heteroatoms. The Hall–Kier alpha value is -7.26. The molecule has 0 spiro atoms. The maximum Gasteiger partial charge on any atom is 0.305 e. The Kier molecular flexibility index (Phi) is 22.6. The summed E-state index contributed by atoms with van der Waals surface area (Å²) in [6, 6.07) is 2.89. The van der Waals surface area contributed by atoms with Crippen LogP contribution in [0.2, 0.25) is 0 Å². The number of hydrogen-bond donors (Lipinski definition) is 9. The van der Waals surface area contributed by atoms with Gasteiger partial charge in [0.15, 0.2) is 0 Å². The molecule has 2 aromatic carbocycles. The highest BCUT2D eigenvalue weighted by Gasteiger charge is 2.39. The van der Waals surface area contributed by atoms with E-state index in [1.807, 2.05) is 6.92 Å². The van der Waals surface area contributed by atoms with Crippen molar-refractivity contribution >= 4 is 64.8 Å². The summed E-state index contributed by atoms with van der Waals surface area (Å²) in [6.07, 6.45) is -1.09. The van der Waals surface area contributed by atoms with Gasteiger partial charge in [0.1, 0.15) is 30.2 Å². The fourth-order valence-electron chi connectivity index (χ4n) is 7.06. The molecule has 378 valence electrons. The van der Waals surface area contributed by atoms with Gasteiger partial charge in [0.05, 0.1) is 23.3 Å². The lowest BCUT2D eigenvalue weighted by Gasteiger charge is -2.34. The van der Waals surface area contributed by atoms with Crippen LogP contribution in [0.15, 0.2) is 48.5 Å². The van der Waals surface area contributed by atoms with E-state index in [0.717, 1.165) is 12.1 Å². The Bertz CT molecular complexity index is 2210. The summed E-state index contributed by atoms with van der Waals surface area (Å²) in [5.41, 5.74) is 5.51. The molecule has 0 aromatic heterocycles. The van der Waals surface area contributed by atoms with Gasteiger partial charge in [0.2, 0.25) is 41.2 Å². The number of benzene rings is 2. The van der Waals surface area contributed by atoms with Crippen molar-refractivity contribution in [2.45, 2.75) is 149 Å². The van der Waals surface area contributed by atoms with Gasteiger partial charge < -0.3 is 47.8 Å². The quantitative estimate of drug-likeness (QED) is 0.0334. The highest BCUT2D eigenvalue weighted by atomic mass is 16.6. The number of amides is 7. The molecule has 10 N–H and O–H groups in total. The van der Waals surface area contributed by atoms with Crippen molar-refractivity contribution in [1.82, 2.24) is 31.9 Å². The van der Waals surface area contributed by atoms with Gasteiger partial charge in [-0.3, -0.25) is 58.1 Å².